The lowest BCUT2D eigenvalue weighted by molar-refractivity contribution is 0.0356. The molecular formula is C34H66O2Si3. The maximum Gasteiger partial charge on any atom is 0.0785 e. The number of ether oxygens (including phenoxy) is 2. The molecule has 0 aromatic carbocycles. The van der Waals surface area contributed by atoms with Gasteiger partial charge in [-0.2, -0.15) is 0 Å². The van der Waals surface area contributed by atoms with Crippen LogP contribution in [0.3, 0.4) is 0 Å². The van der Waals surface area contributed by atoms with Crippen molar-refractivity contribution in [2.24, 2.45) is 35.5 Å². The number of allylic oxidation sites excluding steroid dienone is 1. The van der Waals surface area contributed by atoms with Gasteiger partial charge in [-0.3, -0.25) is 0 Å². The molecule has 0 radical (unpaired) electrons. The Kier molecular flexibility index (Phi) is 10.0. The molecule has 0 aromatic rings. The molecule has 4 fully saturated rings. The van der Waals surface area contributed by atoms with Gasteiger partial charge in [-0.15, -0.1) is 6.58 Å². The zero-order valence-corrected chi connectivity index (χ0v) is 30.9. The van der Waals surface area contributed by atoms with Gasteiger partial charge in [0.1, 0.15) is 0 Å². The standard InChI is InChI=1S/C34H66O2Si3/c1-13-14-15-20-39(12,33-25(4)23(2)21-27(33)29-16-18-31(35-29)37(6,7)8)34-26(5)24(3)22-28(34)30-17-19-32(36-30)38(9,10)11/h13,23-34H,1,14-22H2,2-12H3. The van der Waals surface area contributed by atoms with E-state index in [1.807, 2.05) is 0 Å². The molecule has 2 heterocycles. The van der Waals surface area contributed by atoms with Gasteiger partial charge in [-0.25, -0.2) is 0 Å². The summed E-state index contributed by atoms with van der Waals surface area (Å²) >= 11 is 0. The summed E-state index contributed by atoms with van der Waals surface area (Å²) < 4.78 is 14.2. The molecule has 2 aliphatic carbocycles. The summed E-state index contributed by atoms with van der Waals surface area (Å²) in [6.45, 7) is 32.6. The fourth-order valence-corrected chi connectivity index (χ4v) is 21.5. The van der Waals surface area contributed by atoms with E-state index in [2.05, 4.69) is 86.2 Å². The van der Waals surface area contributed by atoms with Crippen LogP contribution in [0.2, 0.25) is 63.0 Å². The minimum atomic E-state index is -1.71. The van der Waals surface area contributed by atoms with Gasteiger partial charge in [-0.1, -0.05) is 92.1 Å². The first kappa shape index (κ1) is 32.2. The van der Waals surface area contributed by atoms with Crippen molar-refractivity contribution in [3.05, 3.63) is 12.7 Å². The predicted octanol–water partition coefficient (Wildman–Crippen LogP) is 10.2. The SMILES string of the molecule is C=CCCC[Si](C)(C1C(C)C(C)CC1C1CCC([Si](C)(C)C)O1)C1C(C)C(C)CC1C1CCC([Si](C)(C)C)O1. The van der Waals surface area contributed by atoms with Crippen molar-refractivity contribution in [2.75, 3.05) is 0 Å². The Morgan fingerprint density at radius 2 is 1.08 bits per heavy atom. The maximum absolute atomic E-state index is 7.09. The van der Waals surface area contributed by atoms with Gasteiger partial charge in [0.15, 0.2) is 0 Å². The van der Waals surface area contributed by atoms with E-state index in [0.717, 1.165) is 46.6 Å². The van der Waals surface area contributed by atoms with Crippen LogP contribution in [0.5, 0.6) is 0 Å². The van der Waals surface area contributed by atoms with E-state index >= 15 is 0 Å². The van der Waals surface area contributed by atoms with E-state index in [9.17, 15) is 0 Å². The highest BCUT2D eigenvalue weighted by Gasteiger charge is 2.61. The molecule has 4 rings (SSSR count). The molecule has 2 saturated heterocycles. The lowest BCUT2D eigenvalue weighted by Gasteiger charge is -2.50. The second kappa shape index (κ2) is 12.1. The highest BCUT2D eigenvalue weighted by molar-refractivity contribution is 6.82. The monoisotopic (exact) mass is 590 g/mol. The second-order valence-corrected chi connectivity index (χ2v) is 33.0. The fraction of sp³-hybridized carbons (Fsp3) is 0.941. The fourth-order valence-electron chi connectivity index (χ4n) is 10.4. The lowest BCUT2D eigenvalue weighted by atomic mass is 9.95. The third-order valence-electron chi connectivity index (χ3n) is 12.8. The zero-order valence-electron chi connectivity index (χ0n) is 27.9. The van der Waals surface area contributed by atoms with Crippen molar-refractivity contribution in [3.63, 3.8) is 0 Å². The molecule has 12 atom stereocenters. The number of hydrogen-bond acceptors (Lipinski definition) is 2. The van der Waals surface area contributed by atoms with Gasteiger partial charge in [-0.05, 0) is 91.5 Å². The molecule has 0 N–H and O–H groups in total. The average molecular weight is 591 g/mol. The van der Waals surface area contributed by atoms with Crippen LogP contribution in [0.4, 0.5) is 0 Å². The molecule has 2 saturated carbocycles. The van der Waals surface area contributed by atoms with Crippen molar-refractivity contribution in [1.29, 1.82) is 0 Å². The Bertz CT molecular complexity index is 773. The Morgan fingerprint density at radius 1 is 0.667 bits per heavy atom. The summed E-state index contributed by atoms with van der Waals surface area (Å²) in [4.78, 5) is 0. The molecule has 2 nitrogen and oxygen atoms in total. The van der Waals surface area contributed by atoms with E-state index in [1.54, 1.807) is 0 Å². The van der Waals surface area contributed by atoms with E-state index in [-0.39, 0.29) is 0 Å². The molecule has 12 unspecified atom stereocenters. The topological polar surface area (TPSA) is 18.5 Å². The first-order valence-corrected chi connectivity index (χ1v) is 27.0. The minimum absolute atomic E-state index is 0.511. The smallest absolute Gasteiger partial charge is 0.0785 e. The van der Waals surface area contributed by atoms with Gasteiger partial charge in [0.2, 0.25) is 0 Å². The molecule has 0 amide bonds. The summed E-state index contributed by atoms with van der Waals surface area (Å²) in [6, 6.07) is 1.48. The maximum atomic E-state index is 7.09. The molecule has 226 valence electrons. The molecule has 0 spiro atoms. The van der Waals surface area contributed by atoms with Gasteiger partial charge in [0.25, 0.3) is 0 Å². The summed E-state index contributed by atoms with van der Waals surface area (Å²) in [5, 5.41) is 0. The van der Waals surface area contributed by atoms with Crippen LogP contribution in [0.25, 0.3) is 0 Å². The van der Waals surface area contributed by atoms with Crippen molar-refractivity contribution in [1.82, 2.24) is 0 Å². The van der Waals surface area contributed by atoms with Gasteiger partial charge in [0, 0.05) is 11.5 Å². The quantitative estimate of drug-likeness (QED) is 0.143. The van der Waals surface area contributed by atoms with E-state index in [0.29, 0.717) is 23.7 Å². The number of rotatable bonds is 10. The highest BCUT2D eigenvalue weighted by Crippen LogP contribution is 2.64. The Balaban J connectivity index is 1.69. The molecule has 39 heavy (non-hydrogen) atoms. The van der Waals surface area contributed by atoms with Crippen LogP contribution in [0, 0.1) is 35.5 Å². The molecule has 0 aromatic heterocycles. The third kappa shape index (κ3) is 6.48. The average Bonchev–Trinajstić information content (AvgIpc) is 3.61. The Hall–Kier alpha value is 0.311. The Labute approximate surface area is 246 Å². The first-order valence-electron chi connectivity index (χ1n) is 17.0. The number of hydrogen-bond donors (Lipinski definition) is 0. The summed E-state index contributed by atoms with van der Waals surface area (Å²) in [6.07, 6.45) is 13.8. The first-order chi connectivity index (χ1) is 18.1. The Morgan fingerprint density at radius 3 is 1.41 bits per heavy atom. The van der Waals surface area contributed by atoms with Gasteiger partial charge < -0.3 is 9.47 Å². The zero-order chi connectivity index (χ0) is 28.9. The van der Waals surface area contributed by atoms with E-state index in [4.69, 9.17) is 9.47 Å². The molecule has 0 bridgehead atoms. The van der Waals surface area contributed by atoms with Crippen molar-refractivity contribution >= 4 is 24.2 Å². The normalized spacial score (nSPS) is 45.1. The molecule has 5 heteroatoms. The van der Waals surface area contributed by atoms with E-state index < -0.39 is 24.2 Å². The second-order valence-electron chi connectivity index (χ2n) is 17.4. The van der Waals surface area contributed by atoms with Crippen LogP contribution in [-0.2, 0) is 9.47 Å². The summed E-state index contributed by atoms with van der Waals surface area (Å²) in [5.41, 5.74) is 2.90. The van der Waals surface area contributed by atoms with E-state index in [1.165, 1.54) is 57.4 Å². The molecule has 2 aliphatic heterocycles. The summed E-state index contributed by atoms with van der Waals surface area (Å²) in [7, 11) is -4.27. The van der Waals surface area contributed by atoms with Crippen LogP contribution in [-0.4, -0.2) is 47.9 Å². The highest BCUT2D eigenvalue weighted by atomic mass is 28.3. The molecular weight excluding hydrogens is 525 g/mol. The summed E-state index contributed by atoms with van der Waals surface area (Å²) in [5.74, 6) is 4.86. The molecule has 4 aliphatic rings. The van der Waals surface area contributed by atoms with Gasteiger partial charge in [0.05, 0.1) is 36.4 Å². The van der Waals surface area contributed by atoms with Gasteiger partial charge >= 0.3 is 0 Å². The lowest BCUT2D eigenvalue weighted by Crippen LogP contribution is -2.51. The van der Waals surface area contributed by atoms with Crippen LogP contribution in [0.15, 0.2) is 12.7 Å². The van der Waals surface area contributed by atoms with Crippen LogP contribution < -0.4 is 0 Å². The van der Waals surface area contributed by atoms with Crippen molar-refractivity contribution in [3.8, 4) is 0 Å². The largest absolute Gasteiger partial charge is 0.378 e. The third-order valence-corrected chi connectivity index (χ3v) is 23.9. The van der Waals surface area contributed by atoms with Crippen molar-refractivity contribution < 1.29 is 9.47 Å². The predicted molar refractivity (Wildman–Crippen MR) is 179 cm³/mol. The minimum Gasteiger partial charge on any atom is -0.378 e. The van der Waals surface area contributed by atoms with Crippen LogP contribution >= 0.6 is 0 Å². The van der Waals surface area contributed by atoms with Crippen molar-refractivity contribution in [2.45, 2.75) is 166 Å². The van der Waals surface area contributed by atoms with Crippen LogP contribution in [0.1, 0.15) is 79.1 Å². The number of unbranched alkanes of at least 4 members (excludes halogenated alkanes) is 1.